The van der Waals surface area contributed by atoms with Gasteiger partial charge in [0.1, 0.15) is 6.61 Å². The summed E-state index contributed by atoms with van der Waals surface area (Å²) in [4.78, 5) is 12.7. The van der Waals surface area contributed by atoms with Gasteiger partial charge in [-0.2, -0.15) is 0 Å². The van der Waals surface area contributed by atoms with Crippen molar-refractivity contribution in [1.82, 2.24) is 0 Å². The first-order valence-corrected chi connectivity index (χ1v) is 9.43. The molecule has 7 heteroatoms. The summed E-state index contributed by atoms with van der Waals surface area (Å²) in [6.07, 6.45) is 2.99. The minimum Gasteiger partial charge on any atom is -0.493 e. The van der Waals surface area contributed by atoms with Crippen LogP contribution in [0.25, 0.3) is 6.08 Å². The van der Waals surface area contributed by atoms with E-state index in [1.54, 1.807) is 44.6 Å². The zero-order valence-electron chi connectivity index (χ0n) is 14.3. The van der Waals surface area contributed by atoms with E-state index < -0.39 is 5.97 Å². The minimum absolute atomic E-state index is 0.256. The summed E-state index contributed by atoms with van der Waals surface area (Å²) in [7, 11) is 3.11. The van der Waals surface area contributed by atoms with Crippen molar-refractivity contribution in [3.8, 4) is 11.5 Å². The SMILES string of the molecule is COc1cccc(/C=C/C(=O)OCCSc2cc(Cl)ccc2Cl)c1OC. The summed E-state index contributed by atoms with van der Waals surface area (Å²) in [5.41, 5.74) is 0.726. The maximum Gasteiger partial charge on any atom is 0.330 e. The van der Waals surface area contributed by atoms with Crippen molar-refractivity contribution in [2.24, 2.45) is 0 Å². The quantitative estimate of drug-likeness (QED) is 0.252. The first-order valence-electron chi connectivity index (χ1n) is 7.69. The van der Waals surface area contributed by atoms with E-state index in [0.717, 1.165) is 10.5 Å². The van der Waals surface area contributed by atoms with Crippen LogP contribution in [0.1, 0.15) is 5.56 Å². The van der Waals surface area contributed by atoms with Gasteiger partial charge in [0.15, 0.2) is 11.5 Å². The van der Waals surface area contributed by atoms with E-state index in [1.165, 1.54) is 17.8 Å². The van der Waals surface area contributed by atoms with Gasteiger partial charge in [0.25, 0.3) is 0 Å². The Hall–Kier alpha value is -1.82. The van der Waals surface area contributed by atoms with Crippen molar-refractivity contribution in [3.05, 3.63) is 58.1 Å². The van der Waals surface area contributed by atoms with Gasteiger partial charge in [-0.15, -0.1) is 11.8 Å². The molecule has 0 aliphatic rings. The van der Waals surface area contributed by atoms with Gasteiger partial charge in [0.05, 0.1) is 19.2 Å². The van der Waals surface area contributed by atoms with Crippen LogP contribution in [0.15, 0.2) is 47.4 Å². The van der Waals surface area contributed by atoms with E-state index in [2.05, 4.69) is 0 Å². The van der Waals surface area contributed by atoms with Crippen molar-refractivity contribution >= 4 is 47.0 Å². The fourth-order valence-corrected chi connectivity index (χ4v) is 3.45. The Balaban J connectivity index is 1.85. The molecule has 138 valence electrons. The molecular weight excluding hydrogens is 395 g/mol. The molecule has 0 radical (unpaired) electrons. The minimum atomic E-state index is -0.437. The van der Waals surface area contributed by atoms with Crippen LogP contribution >= 0.6 is 35.0 Å². The third kappa shape index (κ3) is 5.87. The molecular formula is C19H18Cl2O4S. The number of benzene rings is 2. The second-order valence-electron chi connectivity index (χ2n) is 5.01. The first-order chi connectivity index (χ1) is 12.5. The van der Waals surface area contributed by atoms with E-state index in [0.29, 0.717) is 27.3 Å². The van der Waals surface area contributed by atoms with Crippen LogP contribution in [0.3, 0.4) is 0 Å². The summed E-state index contributed by atoms with van der Waals surface area (Å²) >= 11 is 13.5. The smallest absolute Gasteiger partial charge is 0.330 e. The first kappa shape index (κ1) is 20.5. The van der Waals surface area contributed by atoms with Crippen LogP contribution in [0, 0.1) is 0 Å². The van der Waals surface area contributed by atoms with Crippen molar-refractivity contribution in [2.45, 2.75) is 4.90 Å². The lowest BCUT2D eigenvalue weighted by Gasteiger charge is -2.09. The molecule has 4 nitrogen and oxygen atoms in total. The lowest BCUT2D eigenvalue weighted by atomic mass is 10.1. The van der Waals surface area contributed by atoms with E-state index in [4.69, 9.17) is 37.4 Å². The number of carbonyl (C=O) groups excluding carboxylic acids is 1. The number of ether oxygens (including phenoxy) is 3. The maximum absolute atomic E-state index is 11.9. The molecule has 2 rings (SSSR count). The third-order valence-electron chi connectivity index (χ3n) is 3.31. The van der Waals surface area contributed by atoms with Gasteiger partial charge in [0, 0.05) is 27.3 Å². The Morgan fingerprint density at radius 2 is 1.96 bits per heavy atom. The number of hydrogen-bond donors (Lipinski definition) is 0. The van der Waals surface area contributed by atoms with Crippen LogP contribution < -0.4 is 9.47 Å². The van der Waals surface area contributed by atoms with E-state index in [-0.39, 0.29) is 6.61 Å². The van der Waals surface area contributed by atoms with E-state index in [9.17, 15) is 4.79 Å². The molecule has 0 bridgehead atoms. The fourth-order valence-electron chi connectivity index (χ4n) is 2.13. The Kier molecular flexibility index (Phi) is 8.16. The summed E-state index contributed by atoms with van der Waals surface area (Å²) < 4.78 is 15.7. The number of rotatable bonds is 8. The number of halogens is 2. The van der Waals surface area contributed by atoms with Crippen molar-refractivity contribution in [3.63, 3.8) is 0 Å². The van der Waals surface area contributed by atoms with E-state index in [1.807, 2.05) is 12.1 Å². The zero-order chi connectivity index (χ0) is 18.9. The molecule has 0 amide bonds. The lowest BCUT2D eigenvalue weighted by molar-refractivity contribution is -0.137. The molecule has 0 unspecified atom stereocenters. The van der Waals surface area contributed by atoms with Crippen LogP contribution in [0.2, 0.25) is 10.0 Å². The van der Waals surface area contributed by atoms with Crippen molar-refractivity contribution < 1.29 is 19.0 Å². The van der Waals surface area contributed by atoms with Gasteiger partial charge in [0.2, 0.25) is 0 Å². The normalized spacial score (nSPS) is 10.8. The van der Waals surface area contributed by atoms with Crippen molar-refractivity contribution in [1.29, 1.82) is 0 Å². The van der Waals surface area contributed by atoms with E-state index >= 15 is 0 Å². The molecule has 0 spiro atoms. The Morgan fingerprint density at radius 1 is 1.15 bits per heavy atom. The van der Waals surface area contributed by atoms with Crippen LogP contribution in [0.5, 0.6) is 11.5 Å². The molecule has 0 atom stereocenters. The van der Waals surface area contributed by atoms with Crippen LogP contribution in [0.4, 0.5) is 0 Å². The molecule has 0 aliphatic heterocycles. The second-order valence-corrected chi connectivity index (χ2v) is 6.99. The van der Waals surface area contributed by atoms with Gasteiger partial charge in [-0.3, -0.25) is 0 Å². The summed E-state index contributed by atoms with van der Waals surface area (Å²) in [5, 5.41) is 1.24. The van der Waals surface area contributed by atoms with Gasteiger partial charge < -0.3 is 14.2 Å². The third-order valence-corrected chi connectivity index (χ3v) is 5.01. The van der Waals surface area contributed by atoms with Crippen molar-refractivity contribution in [2.75, 3.05) is 26.6 Å². The summed E-state index contributed by atoms with van der Waals surface area (Å²) in [6.45, 7) is 0.256. The highest BCUT2D eigenvalue weighted by Gasteiger charge is 2.08. The molecule has 0 fully saturated rings. The van der Waals surface area contributed by atoms with Crippen LogP contribution in [-0.4, -0.2) is 32.5 Å². The average molecular weight is 413 g/mol. The number of esters is 1. The molecule has 0 saturated carbocycles. The fraction of sp³-hybridized carbons (Fsp3) is 0.211. The topological polar surface area (TPSA) is 44.8 Å². The molecule has 0 aliphatic carbocycles. The Morgan fingerprint density at radius 3 is 2.69 bits per heavy atom. The predicted octanol–water partition coefficient (Wildman–Crippen LogP) is 5.36. The van der Waals surface area contributed by atoms with Gasteiger partial charge in [-0.1, -0.05) is 35.3 Å². The second kappa shape index (κ2) is 10.4. The zero-order valence-corrected chi connectivity index (χ0v) is 16.7. The van der Waals surface area contributed by atoms with Gasteiger partial charge in [-0.05, 0) is 30.3 Å². The number of methoxy groups -OCH3 is 2. The molecule has 0 N–H and O–H groups in total. The lowest BCUT2D eigenvalue weighted by Crippen LogP contribution is -2.04. The Bertz CT molecular complexity index is 793. The standard InChI is InChI=1S/C19H18Cl2O4S/c1-23-16-5-3-4-13(19(16)24-2)6-9-18(22)25-10-11-26-17-12-14(20)7-8-15(17)21/h3-9,12H,10-11H2,1-2H3/b9-6+. The highest BCUT2D eigenvalue weighted by Crippen LogP contribution is 2.31. The maximum atomic E-state index is 11.9. The van der Waals surface area contributed by atoms with Gasteiger partial charge in [-0.25, -0.2) is 4.79 Å². The average Bonchev–Trinajstić information content (AvgIpc) is 2.65. The molecule has 2 aromatic carbocycles. The highest BCUT2D eigenvalue weighted by molar-refractivity contribution is 7.99. The molecule has 26 heavy (non-hydrogen) atoms. The summed E-state index contributed by atoms with van der Waals surface area (Å²) in [5.74, 6) is 1.29. The molecule has 0 saturated heterocycles. The van der Waals surface area contributed by atoms with Gasteiger partial charge >= 0.3 is 5.97 Å². The highest BCUT2D eigenvalue weighted by atomic mass is 35.5. The monoisotopic (exact) mass is 412 g/mol. The number of hydrogen-bond acceptors (Lipinski definition) is 5. The molecule has 0 aromatic heterocycles. The van der Waals surface area contributed by atoms with Crippen LogP contribution in [-0.2, 0) is 9.53 Å². The molecule has 2 aromatic rings. The molecule has 0 heterocycles. The largest absolute Gasteiger partial charge is 0.493 e. The Labute approximate surface area is 167 Å². The number of thioether (sulfide) groups is 1. The number of para-hydroxylation sites is 1. The summed E-state index contributed by atoms with van der Waals surface area (Å²) in [6, 6.07) is 10.7. The predicted molar refractivity (Wildman–Crippen MR) is 107 cm³/mol. The number of carbonyl (C=O) groups is 1.